The lowest BCUT2D eigenvalue weighted by molar-refractivity contribution is -0.138. The summed E-state index contributed by atoms with van der Waals surface area (Å²) in [5.41, 5.74) is 1.86. The van der Waals surface area contributed by atoms with Crippen LogP contribution in [-0.2, 0) is 19.8 Å². The summed E-state index contributed by atoms with van der Waals surface area (Å²) in [7, 11) is 3.73. The summed E-state index contributed by atoms with van der Waals surface area (Å²) < 4.78 is 43.2. The average molecular weight is 525 g/mol. The second kappa shape index (κ2) is 10.4. The zero-order valence-electron chi connectivity index (χ0n) is 21.0. The molecule has 0 bridgehead atoms. The van der Waals surface area contributed by atoms with Crippen LogP contribution in [0.25, 0.3) is 22.2 Å². The third kappa shape index (κ3) is 5.76. The molecular weight excluding hydrogens is 497 g/mol. The van der Waals surface area contributed by atoms with Crippen molar-refractivity contribution in [3.05, 3.63) is 66.1 Å². The standard InChI is InChI=1S/C26H27F3N8O/c1-35-7-9-37(10-8-35)15-18-3-5-20(12-21(18)26(27,28)29)32-25(38)33-24-13-23(36(2)34-24)17-4-6-22-19(11-17)14-30-16-31-22/h3-6,11-14,16H,7-10,15H2,1-2H3,(H2,32,33,34,38). The first kappa shape index (κ1) is 25.6. The zero-order valence-corrected chi connectivity index (χ0v) is 21.0. The van der Waals surface area contributed by atoms with E-state index in [-0.39, 0.29) is 23.6 Å². The van der Waals surface area contributed by atoms with Gasteiger partial charge in [0.2, 0.25) is 0 Å². The van der Waals surface area contributed by atoms with Crippen molar-refractivity contribution >= 4 is 28.4 Å². The molecule has 0 saturated carbocycles. The van der Waals surface area contributed by atoms with E-state index in [0.717, 1.165) is 41.3 Å². The summed E-state index contributed by atoms with van der Waals surface area (Å²) in [6, 6.07) is 10.6. The van der Waals surface area contributed by atoms with Crippen LogP contribution < -0.4 is 10.6 Å². The zero-order chi connectivity index (χ0) is 26.9. The molecular formula is C26H27F3N8O. The fourth-order valence-electron chi connectivity index (χ4n) is 4.52. The van der Waals surface area contributed by atoms with Gasteiger partial charge in [0.05, 0.1) is 16.8 Å². The molecule has 12 heteroatoms. The minimum atomic E-state index is -4.54. The summed E-state index contributed by atoms with van der Waals surface area (Å²) in [5.74, 6) is 0.257. The van der Waals surface area contributed by atoms with E-state index >= 15 is 0 Å². The maximum absolute atomic E-state index is 13.9. The predicted molar refractivity (Wildman–Crippen MR) is 139 cm³/mol. The molecule has 1 saturated heterocycles. The van der Waals surface area contributed by atoms with Crippen LogP contribution in [0, 0.1) is 0 Å². The number of hydrogen-bond acceptors (Lipinski definition) is 6. The molecule has 38 heavy (non-hydrogen) atoms. The summed E-state index contributed by atoms with van der Waals surface area (Å²) in [4.78, 5) is 25.0. The van der Waals surface area contributed by atoms with E-state index in [2.05, 4.69) is 30.6 Å². The number of urea groups is 1. The van der Waals surface area contributed by atoms with E-state index in [0.29, 0.717) is 13.1 Å². The Kier molecular flexibility index (Phi) is 7.00. The minimum Gasteiger partial charge on any atom is -0.308 e. The highest BCUT2D eigenvalue weighted by atomic mass is 19.4. The Bertz CT molecular complexity index is 1460. The van der Waals surface area contributed by atoms with Crippen molar-refractivity contribution in [2.45, 2.75) is 12.7 Å². The summed E-state index contributed by atoms with van der Waals surface area (Å²) >= 11 is 0. The molecule has 2 amide bonds. The topological polar surface area (TPSA) is 91.2 Å². The highest BCUT2D eigenvalue weighted by Crippen LogP contribution is 2.35. The molecule has 198 valence electrons. The monoisotopic (exact) mass is 524 g/mol. The van der Waals surface area contributed by atoms with Crippen molar-refractivity contribution in [2.75, 3.05) is 43.9 Å². The number of benzene rings is 2. The van der Waals surface area contributed by atoms with Crippen molar-refractivity contribution in [3.8, 4) is 11.3 Å². The van der Waals surface area contributed by atoms with Crippen LogP contribution in [0.5, 0.6) is 0 Å². The van der Waals surface area contributed by atoms with E-state index in [1.165, 1.54) is 18.5 Å². The SMILES string of the molecule is CN1CCN(Cc2ccc(NC(=O)Nc3cc(-c4ccc5ncncc5c4)n(C)n3)cc2C(F)(F)F)CC1. The fourth-order valence-corrected chi connectivity index (χ4v) is 4.52. The van der Waals surface area contributed by atoms with Gasteiger partial charge in [-0.2, -0.15) is 18.3 Å². The van der Waals surface area contributed by atoms with Crippen LogP contribution in [0.1, 0.15) is 11.1 Å². The normalized spacial score (nSPS) is 15.1. The third-order valence-electron chi connectivity index (χ3n) is 6.58. The highest BCUT2D eigenvalue weighted by Gasteiger charge is 2.34. The van der Waals surface area contributed by atoms with Gasteiger partial charge in [-0.3, -0.25) is 14.9 Å². The predicted octanol–water partition coefficient (Wildman–Crippen LogP) is 4.44. The van der Waals surface area contributed by atoms with Gasteiger partial charge < -0.3 is 10.2 Å². The molecule has 0 unspecified atom stereocenters. The Morgan fingerprint density at radius 3 is 2.55 bits per heavy atom. The smallest absolute Gasteiger partial charge is 0.308 e. The van der Waals surface area contributed by atoms with Gasteiger partial charge in [0, 0.05) is 68.7 Å². The minimum absolute atomic E-state index is 0.0441. The van der Waals surface area contributed by atoms with Crippen molar-refractivity contribution < 1.29 is 18.0 Å². The van der Waals surface area contributed by atoms with Crippen LogP contribution >= 0.6 is 0 Å². The highest BCUT2D eigenvalue weighted by molar-refractivity contribution is 5.99. The molecule has 2 N–H and O–H groups in total. The first-order valence-electron chi connectivity index (χ1n) is 12.1. The molecule has 3 heterocycles. The average Bonchev–Trinajstić information content (AvgIpc) is 3.24. The lowest BCUT2D eigenvalue weighted by Crippen LogP contribution is -2.44. The number of nitrogens with zero attached hydrogens (tertiary/aromatic N) is 6. The number of hydrogen-bond donors (Lipinski definition) is 2. The number of rotatable bonds is 5. The molecule has 5 rings (SSSR count). The molecule has 1 aliphatic heterocycles. The summed E-state index contributed by atoms with van der Waals surface area (Å²) in [6.45, 7) is 3.23. The van der Waals surface area contributed by atoms with E-state index in [1.807, 2.05) is 30.1 Å². The Morgan fingerprint density at radius 1 is 1.00 bits per heavy atom. The van der Waals surface area contributed by atoms with E-state index in [4.69, 9.17) is 0 Å². The lowest BCUT2D eigenvalue weighted by atomic mass is 10.0. The Hall–Kier alpha value is -4.03. The van der Waals surface area contributed by atoms with Crippen LogP contribution in [0.15, 0.2) is 55.0 Å². The summed E-state index contributed by atoms with van der Waals surface area (Å²) in [6.07, 6.45) is -1.36. The van der Waals surface area contributed by atoms with Crippen LogP contribution in [0.3, 0.4) is 0 Å². The first-order valence-corrected chi connectivity index (χ1v) is 12.1. The number of aryl methyl sites for hydroxylation is 1. The molecule has 0 aliphatic carbocycles. The van der Waals surface area contributed by atoms with Gasteiger partial charge in [-0.1, -0.05) is 12.1 Å². The Morgan fingerprint density at radius 2 is 1.79 bits per heavy atom. The number of halogens is 3. The van der Waals surface area contributed by atoms with Crippen molar-refractivity contribution in [1.82, 2.24) is 29.5 Å². The number of carbonyl (C=O) groups excluding carboxylic acids is 1. The molecule has 4 aromatic rings. The van der Waals surface area contributed by atoms with Crippen LogP contribution in [-0.4, -0.2) is 68.8 Å². The number of likely N-dealkylation sites (N-methyl/N-ethyl adjacent to an activating group) is 1. The van der Waals surface area contributed by atoms with Gasteiger partial charge in [-0.25, -0.2) is 14.8 Å². The lowest BCUT2D eigenvalue weighted by Gasteiger charge is -2.33. The number of piperazine rings is 1. The van der Waals surface area contributed by atoms with Gasteiger partial charge in [-0.05, 0) is 36.9 Å². The number of amides is 2. The number of fused-ring (bicyclic) bond motifs is 1. The number of anilines is 2. The number of aromatic nitrogens is 4. The second-order valence-electron chi connectivity index (χ2n) is 9.36. The van der Waals surface area contributed by atoms with Gasteiger partial charge in [0.15, 0.2) is 5.82 Å². The largest absolute Gasteiger partial charge is 0.416 e. The number of alkyl halides is 3. The maximum Gasteiger partial charge on any atom is 0.416 e. The molecule has 0 atom stereocenters. The van der Waals surface area contributed by atoms with Gasteiger partial charge in [0.25, 0.3) is 0 Å². The van der Waals surface area contributed by atoms with E-state index < -0.39 is 17.8 Å². The second-order valence-corrected chi connectivity index (χ2v) is 9.36. The van der Waals surface area contributed by atoms with Crippen LogP contribution in [0.2, 0.25) is 0 Å². The molecule has 0 radical (unpaired) electrons. The number of carbonyl (C=O) groups is 1. The van der Waals surface area contributed by atoms with Gasteiger partial charge in [0.1, 0.15) is 6.33 Å². The molecule has 2 aromatic heterocycles. The Labute approximate surface area is 217 Å². The van der Waals surface area contributed by atoms with E-state index in [9.17, 15) is 18.0 Å². The van der Waals surface area contributed by atoms with E-state index in [1.54, 1.807) is 24.0 Å². The fraction of sp³-hybridized carbons (Fsp3) is 0.308. The van der Waals surface area contributed by atoms with Crippen molar-refractivity contribution in [1.29, 1.82) is 0 Å². The number of nitrogens with one attached hydrogen (secondary N) is 2. The van der Waals surface area contributed by atoms with Gasteiger partial charge in [-0.15, -0.1) is 0 Å². The molecule has 9 nitrogen and oxygen atoms in total. The Balaban J connectivity index is 1.29. The van der Waals surface area contributed by atoms with Crippen molar-refractivity contribution in [2.24, 2.45) is 7.05 Å². The molecule has 1 aliphatic rings. The van der Waals surface area contributed by atoms with Gasteiger partial charge >= 0.3 is 12.2 Å². The summed E-state index contributed by atoms with van der Waals surface area (Å²) in [5, 5.41) is 10.3. The third-order valence-corrected chi connectivity index (χ3v) is 6.58. The molecule has 0 spiro atoms. The first-order chi connectivity index (χ1) is 18.2. The molecule has 2 aromatic carbocycles. The quantitative estimate of drug-likeness (QED) is 0.401. The maximum atomic E-state index is 13.9. The van der Waals surface area contributed by atoms with Crippen molar-refractivity contribution in [3.63, 3.8) is 0 Å². The molecule has 1 fully saturated rings. The van der Waals surface area contributed by atoms with Crippen LogP contribution in [0.4, 0.5) is 29.5 Å².